The van der Waals surface area contributed by atoms with Gasteiger partial charge >= 0.3 is 0 Å². The molecule has 0 aliphatic carbocycles. The van der Waals surface area contributed by atoms with Crippen LogP contribution < -0.4 is 5.32 Å². The average molecular weight is 286 g/mol. The van der Waals surface area contributed by atoms with E-state index in [1.165, 1.54) is 18.3 Å². The number of nitrogens with zero attached hydrogens (tertiary/aromatic N) is 1. The Morgan fingerprint density at radius 2 is 1.90 bits per heavy atom. The van der Waals surface area contributed by atoms with Crippen LogP contribution in [0, 0.1) is 18.6 Å². The fourth-order valence-electron chi connectivity index (χ4n) is 1.98. The van der Waals surface area contributed by atoms with E-state index >= 15 is 0 Å². The molecule has 1 N–H and O–H groups in total. The van der Waals surface area contributed by atoms with Crippen molar-refractivity contribution in [3.05, 3.63) is 65.9 Å². The Bertz CT molecular complexity index is 783. The van der Waals surface area contributed by atoms with Gasteiger partial charge in [-0.1, -0.05) is 29.8 Å². The van der Waals surface area contributed by atoms with Crippen LogP contribution in [-0.4, -0.2) is 4.98 Å². The first kappa shape index (κ1) is 13.3. The third-order valence-corrected chi connectivity index (χ3v) is 3.00. The van der Waals surface area contributed by atoms with Gasteiger partial charge in [0.25, 0.3) is 6.01 Å². The van der Waals surface area contributed by atoms with Gasteiger partial charge in [0.05, 0.1) is 11.9 Å². The third kappa shape index (κ3) is 2.76. The standard InChI is InChI=1S/C16H12F2N2O/c1-10-4-2-5-11(8-10)14-9-19-16(21-14)20-13-7-3-6-12(17)15(13)18/h2-9H,1H3,(H,19,20). The highest BCUT2D eigenvalue weighted by Gasteiger charge is 2.11. The molecule has 0 saturated carbocycles. The summed E-state index contributed by atoms with van der Waals surface area (Å²) in [7, 11) is 0. The molecule has 21 heavy (non-hydrogen) atoms. The summed E-state index contributed by atoms with van der Waals surface area (Å²) < 4.78 is 32.2. The Kier molecular flexibility index (Phi) is 3.39. The number of nitrogens with one attached hydrogen (secondary N) is 1. The number of hydrogen-bond acceptors (Lipinski definition) is 3. The number of benzene rings is 2. The predicted molar refractivity (Wildman–Crippen MR) is 76.3 cm³/mol. The molecule has 0 amide bonds. The van der Waals surface area contributed by atoms with Crippen molar-refractivity contribution in [1.82, 2.24) is 4.98 Å². The van der Waals surface area contributed by atoms with E-state index in [9.17, 15) is 8.78 Å². The first-order valence-corrected chi connectivity index (χ1v) is 6.37. The summed E-state index contributed by atoms with van der Waals surface area (Å²) in [6.07, 6.45) is 1.54. The Morgan fingerprint density at radius 3 is 2.71 bits per heavy atom. The smallest absolute Gasteiger partial charge is 0.299 e. The molecule has 5 heteroatoms. The molecule has 3 aromatic rings. The van der Waals surface area contributed by atoms with Crippen molar-refractivity contribution >= 4 is 11.7 Å². The first-order chi connectivity index (χ1) is 10.1. The summed E-state index contributed by atoms with van der Waals surface area (Å²) in [5.41, 5.74) is 1.94. The zero-order valence-corrected chi connectivity index (χ0v) is 11.2. The summed E-state index contributed by atoms with van der Waals surface area (Å²) in [4.78, 5) is 4.02. The lowest BCUT2D eigenvalue weighted by Gasteiger charge is -2.03. The van der Waals surface area contributed by atoms with Crippen LogP contribution in [0.4, 0.5) is 20.5 Å². The number of hydrogen-bond donors (Lipinski definition) is 1. The van der Waals surface area contributed by atoms with Gasteiger partial charge in [0.1, 0.15) is 0 Å². The van der Waals surface area contributed by atoms with Crippen LogP contribution in [0.5, 0.6) is 0 Å². The summed E-state index contributed by atoms with van der Waals surface area (Å²) >= 11 is 0. The van der Waals surface area contributed by atoms with Crippen molar-refractivity contribution in [3.63, 3.8) is 0 Å². The molecule has 2 aromatic carbocycles. The normalized spacial score (nSPS) is 10.6. The molecule has 0 aliphatic rings. The van der Waals surface area contributed by atoms with Crippen molar-refractivity contribution < 1.29 is 13.2 Å². The Labute approximate surface area is 120 Å². The van der Waals surface area contributed by atoms with Gasteiger partial charge < -0.3 is 9.73 Å². The maximum absolute atomic E-state index is 13.6. The highest BCUT2D eigenvalue weighted by molar-refractivity contribution is 5.60. The summed E-state index contributed by atoms with van der Waals surface area (Å²) in [5.74, 6) is -1.34. The van der Waals surface area contributed by atoms with E-state index in [-0.39, 0.29) is 11.7 Å². The van der Waals surface area contributed by atoms with Gasteiger partial charge in [-0.2, -0.15) is 0 Å². The number of aromatic nitrogens is 1. The summed E-state index contributed by atoms with van der Waals surface area (Å²) in [6.45, 7) is 1.97. The maximum atomic E-state index is 13.6. The molecule has 0 atom stereocenters. The maximum Gasteiger partial charge on any atom is 0.299 e. The lowest BCUT2D eigenvalue weighted by Crippen LogP contribution is -1.95. The van der Waals surface area contributed by atoms with E-state index in [1.807, 2.05) is 31.2 Å². The number of aryl methyl sites for hydroxylation is 1. The molecule has 3 rings (SSSR count). The molecule has 1 heterocycles. The van der Waals surface area contributed by atoms with Gasteiger partial charge in [0, 0.05) is 5.56 Å². The molecule has 3 nitrogen and oxygen atoms in total. The van der Waals surface area contributed by atoms with Gasteiger partial charge in [-0.15, -0.1) is 0 Å². The molecular weight excluding hydrogens is 274 g/mol. The van der Waals surface area contributed by atoms with Crippen LogP contribution in [-0.2, 0) is 0 Å². The van der Waals surface area contributed by atoms with Crippen molar-refractivity contribution in [1.29, 1.82) is 0 Å². The zero-order chi connectivity index (χ0) is 14.8. The van der Waals surface area contributed by atoms with Crippen LogP contribution in [0.2, 0.25) is 0 Å². The van der Waals surface area contributed by atoms with Gasteiger partial charge in [0.2, 0.25) is 0 Å². The zero-order valence-electron chi connectivity index (χ0n) is 11.2. The predicted octanol–water partition coefficient (Wildman–Crippen LogP) is 4.67. The van der Waals surface area contributed by atoms with Gasteiger partial charge in [0.15, 0.2) is 17.4 Å². The fourth-order valence-corrected chi connectivity index (χ4v) is 1.98. The quantitative estimate of drug-likeness (QED) is 0.760. The van der Waals surface area contributed by atoms with E-state index in [0.717, 1.165) is 17.2 Å². The Morgan fingerprint density at radius 1 is 1.10 bits per heavy atom. The Balaban J connectivity index is 1.87. The van der Waals surface area contributed by atoms with Crippen molar-refractivity contribution in [2.45, 2.75) is 6.92 Å². The summed E-state index contributed by atoms with van der Waals surface area (Å²) in [6, 6.07) is 11.7. The van der Waals surface area contributed by atoms with E-state index in [0.29, 0.717) is 5.76 Å². The minimum absolute atomic E-state index is 0.0207. The molecule has 106 valence electrons. The minimum atomic E-state index is -0.965. The monoisotopic (exact) mass is 286 g/mol. The van der Waals surface area contributed by atoms with Crippen LogP contribution in [0.3, 0.4) is 0 Å². The van der Waals surface area contributed by atoms with Crippen molar-refractivity contribution in [2.75, 3.05) is 5.32 Å². The second-order valence-corrected chi connectivity index (χ2v) is 4.63. The van der Waals surface area contributed by atoms with E-state index in [2.05, 4.69) is 10.3 Å². The number of halogens is 2. The molecule has 0 fully saturated rings. The van der Waals surface area contributed by atoms with Crippen LogP contribution in [0.15, 0.2) is 53.1 Å². The van der Waals surface area contributed by atoms with Crippen molar-refractivity contribution in [2.24, 2.45) is 0 Å². The third-order valence-electron chi connectivity index (χ3n) is 3.00. The summed E-state index contributed by atoms with van der Waals surface area (Å²) in [5, 5.41) is 2.63. The number of oxazole rings is 1. The highest BCUT2D eigenvalue weighted by Crippen LogP contribution is 2.26. The van der Waals surface area contributed by atoms with Crippen LogP contribution in [0.1, 0.15) is 5.56 Å². The minimum Gasteiger partial charge on any atom is -0.423 e. The van der Waals surface area contributed by atoms with E-state index in [4.69, 9.17) is 4.42 Å². The number of rotatable bonds is 3. The molecule has 0 radical (unpaired) electrons. The van der Waals surface area contributed by atoms with E-state index < -0.39 is 11.6 Å². The molecule has 0 unspecified atom stereocenters. The fraction of sp³-hybridized carbons (Fsp3) is 0.0625. The molecule has 0 spiro atoms. The topological polar surface area (TPSA) is 38.1 Å². The average Bonchev–Trinajstić information content (AvgIpc) is 2.93. The lowest BCUT2D eigenvalue weighted by atomic mass is 10.1. The molecule has 0 bridgehead atoms. The highest BCUT2D eigenvalue weighted by atomic mass is 19.2. The second kappa shape index (κ2) is 5.36. The van der Waals surface area contributed by atoms with Crippen LogP contribution in [0.25, 0.3) is 11.3 Å². The second-order valence-electron chi connectivity index (χ2n) is 4.63. The molecule has 0 saturated heterocycles. The van der Waals surface area contributed by atoms with Crippen LogP contribution >= 0.6 is 0 Å². The molecule has 1 aromatic heterocycles. The van der Waals surface area contributed by atoms with E-state index in [1.54, 1.807) is 0 Å². The van der Waals surface area contributed by atoms with Gasteiger partial charge in [-0.3, -0.25) is 0 Å². The van der Waals surface area contributed by atoms with Gasteiger partial charge in [-0.05, 0) is 25.1 Å². The Hall–Kier alpha value is -2.69. The lowest BCUT2D eigenvalue weighted by molar-refractivity contribution is 0.510. The molecule has 0 aliphatic heterocycles. The molecular formula is C16H12F2N2O. The largest absolute Gasteiger partial charge is 0.423 e. The SMILES string of the molecule is Cc1cccc(-c2cnc(Nc3cccc(F)c3F)o2)c1. The number of anilines is 2. The van der Waals surface area contributed by atoms with Crippen molar-refractivity contribution in [3.8, 4) is 11.3 Å². The first-order valence-electron chi connectivity index (χ1n) is 6.37. The van der Waals surface area contributed by atoms with Gasteiger partial charge in [-0.25, -0.2) is 13.8 Å².